The summed E-state index contributed by atoms with van der Waals surface area (Å²) >= 11 is 7.52. The average molecular weight is 386 g/mol. The minimum Gasteiger partial charge on any atom is -0.326 e. The Bertz CT molecular complexity index is 967. The van der Waals surface area contributed by atoms with E-state index in [4.69, 9.17) is 11.6 Å². The van der Waals surface area contributed by atoms with Crippen molar-refractivity contribution in [1.82, 2.24) is 4.98 Å². The van der Waals surface area contributed by atoms with Crippen molar-refractivity contribution in [2.24, 2.45) is 0 Å². The maximum absolute atomic E-state index is 12.6. The fraction of sp³-hybridized carbons (Fsp3) is 0.105. The number of rotatable bonds is 4. The van der Waals surface area contributed by atoms with Gasteiger partial charge in [-0.25, -0.2) is 4.98 Å². The predicted molar refractivity (Wildman–Crippen MR) is 106 cm³/mol. The smallest absolute Gasteiger partial charge is 0.267 e. The molecule has 0 radical (unpaired) electrons. The number of aromatic nitrogens is 1. The molecule has 0 aliphatic carbocycles. The van der Waals surface area contributed by atoms with Gasteiger partial charge in [-0.1, -0.05) is 29.8 Å². The molecule has 7 heteroatoms. The summed E-state index contributed by atoms with van der Waals surface area (Å²) in [4.78, 5) is 28.6. The lowest BCUT2D eigenvalue weighted by molar-refractivity contribution is -0.114. The van der Waals surface area contributed by atoms with E-state index in [0.29, 0.717) is 32.0 Å². The van der Waals surface area contributed by atoms with Gasteiger partial charge in [-0.05, 0) is 37.3 Å². The van der Waals surface area contributed by atoms with Gasteiger partial charge in [0.1, 0.15) is 9.88 Å². The number of nitrogens with zero attached hydrogens (tertiary/aromatic N) is 1. The summed E-state index contributed by atoms with van der Waals surface area (Å²) in [5.41, 5.74) is 2.76. The molecule has 0 aliphatic rings. The third-order valence-corrected chi connectivity index (χ3v) is 5.09. The molecule has 0 fully saturated rings. The van der Waals surface area contributed by atoms with Crippen LogP contribution in [0.2, 0.25) is 5.02 Å². The molecule has 1 heterocycles. The molecule has 2 aromatic carbocycles. The van der Waals surface area contributed by atoms with Gasteiger partial charge in [-0.2, -0.15) is 0 Å². The van der Waals surface area contributed by atoms with Crippen LogP contribution in [-0.4, -0.2) is 16.8 Å². The SMILES string of the molecule is CC(=O)Nc1ccc(NC(=O)c2sc(-c3ccccc3Cl)nc2C)cc1. The van der Waals surface area contributed by atoms with E-state index in [-0.39, 0.29) is 11.8 Å². The second kappa shape index (κ2) is 7.68. The highest BCUT2D eigenvalue weighted by atomic mass is 35.5. The topological polar surface area (TPSA) is 71.1 Å². The number of thiazole rings is 1. The quantitative estimate of drug-likeness (QED) is 0.665. The molecular weight excluding hydrogens is 370 g/mol. The Morgan fingerprint density at radius 3 is 2.23 bits per heavy atom. The molecule has 3 aromatic rings. The first-order chi connectivity index (χ1) is 12.4. The minimum absolute atomic E-state index is 0.144. The van der Waals surface area contributed by atoms with Crippen molar-refractivity contribution in [3.8, 4) is 10.6 Å². The number of anilines is 2. The van der Waals surface area contributed by atoms with E-state index in [9.17, 15) is 9.59 Å². The average Bonchev–Trinajstić information content (AvgIpc) is 2.98. The number of aryl methyl sites for hydroxylation is 1. The molecule has 0 unspecified atom stereocenters. The zero-order chi connectivity index (χ0) is 18.7. The molecule has 0 spiro atoms. The van der Waals surface area contributed by atoms with Crippen molar-refractivity contribution in [2.45, 2.75) is 13.8 Å². The summed E-state index contributed by atoms with van der Waals surface area (Å²) in [5.74, 6) is -0.375. The largest absolute Gasteiger partial charge is 0.326 e. The number of carbonyl (C=O) groups is 2. The maximum atomic E-state index is 12.6. The van der Waals surface area contributed by atoms with Gasteiger partial charge in [0, 0.05) is 23.9 Å². The van der Waals surface area contributed by atoms with E-state index in [0.717, 1.165) is 5.56 Å². The van der Waals surface area contributed by atoms with Gasteiger partial charge in [-0.15, -0.1) is 11.3 Å². The standard InChI is InChI=1S/C19H16ClN3O2S/c1-11-17(26-19(21-11)15-5-3-4-6-16(15)20)18(25)23-14-9-7-13(8-10-14)22-12(2)24/h3-10H,1-2H3,(H,22,24)(H,23,25). The first-order valence-corrected chi connectivity index (χ1v) is 9.05. The van der Waals surface area contributed by atoms with Crippen LogP contribution >= 0.6 is 22.9 Å². The zero-order valence-electron chi connectivity index (χ0n) is 14.2. The van der Waals surface area contributed by atoms with E-state index in [1.807, 2.05) is 18.2 Å². The lowest BCUT2D eigenvalue weighted by Gasteiger charge is -2.06. The van der Waals surface area contributed by atoms with Crippen molar-refractivity contribution >= 4 is 46.1 Å². The van der Waals surface area contributed by atoms with Gasteiger partial charge >= 0.3 is 0 Å². The molecule has 132 valence electrons. The normalized spacial score (nSPS) is 10.4. The minimum atomic E-state index is -0.231. The number of hydrogen-bond donors (Lipinski definition) is 2. The summed E-state index contributed by atoms with van der Waals surface area (Å²) < 4.78 is 0. The van der Waals surface area contributed by atoms with E-state index >= 15 is 0 Å². The Labute approximate surface area is 160 Å². The summed E-state index contributed by atoms with van der Waals surface area (Å²) in [6, 6.07) is 14.3. The van der Waals surface area contributed by atoms with Crippen LogP contribution in [0.3, 0.4) is 0 Å². The highest BCUT2D eigenvalue weighted by Gasteiger charge is 2.17. The summed E-state index contributed by atoms with van der Waals surface area (Å²) in [6.45, 7) is 3.24. The Hall–Kier alpha value is -2.70. The lowest BCUT2D eigenvalue weighted by Crippen LogP contribution is -2.11. The third kappa shape index (κ3) is 4.09. The Morgan fingerprint density at radius 1 is 1.00 bits per heavy atom. The van der Waals surface area contributed by atoms with Crippen molar-refractivity contribution in [2.75, 3.05) is 10.6 Å². The van der Waals surface area contributed by atoms with Crippen molar-refractivity contribution < 1.29 is 9.59 Å². The number of benzene rings is 2. The zero-order valence-corrected chi connectivity index (χ0v) is 15.7. The molecule has 2 N–H and O–H groups in total. The number of carbonyl (C=O) groups excluding carboxylic acids is 2. The van der Waals surface area contributed by atoms with E-state index in [1.54, 1.807) is 37.3 Å². The Balaban J connectivity index is 1.78. The highest BCUT2D eigenvalue weighted by Crippen LogP contribution is 2.33. The van der Waals surface area contributed by atoms with Crippen molar-refractivity contribution in [3.63, 3.8) is 0 Å². The van der Waals surface area contributed by atoms with Gasteiger partial charge in [0.15, 0.2) is 0 Å². The van der Waals surface area contributed by atoms with Gasteiger partial charge in [0.2, 0.25) is 5.91 Å². The van der Waals surface area contributed by atoms with Crippen LogP contribution in [0, 0.1) is 6.92 Å². The Kier molecular flexibility index (Phi) is 5.35. The van der Waals surface area contributed by atoms with E-state index in [2.05, 4.69) is 15.6 Å². The number of hydrogen-bond acceptors (Lipinski definition) is 4. The maximum Gasteiger partial charge on any atom is 0.267 e. The van der Waals surface area contributed by atoms with Crippen LogP contribution < -0.4 is 10.6 Å². The Morgan fingerprint density at radius 2 is 1.62 bits per heavy atom. The van der Waals surface area contributed by atoms with Crippen LogP contribution in [0.5, 0.6) is 0 Å². The molecule has 2 amide bonds. The molecule has 0 saturated heterocycles. The van der Waals surface area contributed by atoms with Gasteiger partial charge in [0.05, 0.1) is 10.7 Å². The molecule has 0 bridgehead atoms. The third-order valence-electron chi connectivity index (χ3n) is 3.57. The molecule has 3 rings (SSSR count). The van der Waals surface area contributed by atoms with Crippen molar-refractivity contribution in [1.29, 1.82) is 0 Å². The summed E-state index contributed by atoms with van der Waals surface area (Å²) in [6.07, 6.45) is 0. The first-order valence-electron chi connectivity index (χ1n) is 7.85. The second-order valence-electron chi connectivity index (χ2n) is 5.63. The summed E-state index contributed by atoms with van der Waals surface area (Å²) in [7, 11) is 0. The van der Waals surface area contributed by atoms with Crippen LogP contribution in [0.25, 0.3) is 10.6 Å². The number of amides is 2. The molecule has 1 aromatic heterocycles. The van der Waals surface area contributed by atoms with Crippen LogP contribution in [0.4, 0.5) is 11.4 Å². The lowest BCUT2D eigenvalue weighted by atomic mass is 10.2. The van der Waals surface area contributed by atoms with E-state index in [1.165, 1.54) is 18.3 Å². The fourth-order valence-corrected chi connectivity index (χ4v) is 3.67. The molecule has 0 atom stereocenters. The summed E-state index contributed by atoms with van der Waals surface area (Å²) in [5, 5.41) is 6.83. The van der Waals surface area contributed by atoms with E-state index < -0.39 is 0 Å². The fourth-order valence-electron chi connectivity index (χ4n) is 2.38. The van der Waals surface area contributed by atoms with Gasteiger partial charge in [0.25, 0.3) is 5.91 Å². The molecule has 0 saturated carbocycles. The highest BCUT2D eigenvalue weighted by molar-refractivity contribution is 7.17. The first kappa shape index (κ1) is 18.1. The number of nitrogens with one attached hydrogen (secondary N) is 2. The second-order valence-corrected chi connectivity index (χ2v) is 7.03. The van der Waals surface area contributed by atoms with Crippen LogP contribution in [-0.2, 0) is 4.79 Å². The molecule has 0 aliphatic heterocycles. The molecular formula is C19H16ClN3O2S. The van der Waals surface area contributed by atoms with Crippen molar-refractivity contribution in [3.05, 3.63) is 64.1 Å². The predicted octanol–water partition coefficient (Wildman–Crippen LogP) is 4.98. The number of halogens is 1. The van der Waals surface area contributed by atoms with Gasteiger partial charge < -0.3 is 10.6 Å². The van der Waals surface area contributed by atoms with Crippen LogP contribution in [0.1, 0.15) is 22.3 Å². The van der Waals surface area contributed by atoms with Gasteiger partial charge in [-0.3, -0.25) is 9.59 Å². The monoisotopic (exact) mass is 385 g/mol. The molecule has 5 nitrogen and oxygen atoms in total. The molecule has 26 heavy (non-hydrogen) atoms. The van der Waals surface area contributed by atoms with Crippen LogP contribution in [0.15, 0.2) is 48.5 Å².